The van der Waals surface area contributed by atoms with Crippen molar-refractivity contribution in [3.63, 3.8) is 0 Å². The summed E-state index contributed by atoms with van der Waals surface area (Å²) < 4.78 is 3.60. The molecule has 0 saturated heterocycles. The van der Waals surface area contributed by atoms with Crippen LogP contribution in [0.4, 0.5) is 5.82 Å². The van der Waals surface area contributed by atoms with Gasteiger partial charge in [-0.1, -0.05) is 68.1 Å². The average Bonchev–Trinajstić information content (AvgIpc) is 3.31. The van der Waals surface area contributed by atoms with Crippen molar-refractivity contribution in [2.75, 3.05) is 5.73 Å². The maximum Gasteiger partial charge on any atom is 0.267 e. The normalized spacial score (nSPS) is 11.8. The van der Waals surface area contributed by atoms with E-state index in [2.05, 4.69) is 34.0 Å². The van der Waals surface area contributed by atoms with Gasteiger partial charge in [-0.15, -0.1) is 10.2 Å². The molecule has 8 nitrogen and oxygen atoms in total. The lowest BCUT2D eigenvalue weighted by Gasteiger charge is -2.16. The second-order valence-corrected chi connectivity index (χ2v) is 9.76. The van der Waals surface area contributed by atoms with E-state index in [1.807, 2.05) is 77.2 Å². The number of para-hydroxylation sites is 3. The number of thioether (sulfide) groups is 1. The van der Waals surface area contributed by atoms with Gasteiger partial charge in [-0.3, -0.25) is 9.20 Å². The third-order valence-corrected chi connectivity index (χ3v) is 7.13. The van der Waals surface area contributed by atoms with Gasteiger partial charge in [0.05, 0.1) is 27.9 Å². The van der Waals surface area contributed by atoms with Crippen LogP contribution in [0.15, 0.2) is 82.7 Å². The Morgan fingerprint density at radius 1 is 0.889 bits per heavy atom. The van der Waals surface area contributed by atoms with Gasteiger partial charge in [0, 0.05) is 5.39 Å². The van der Waals surface area contributed by atoms with Crippen LogP contribution >= 0.6 is 11.8 Å². The number of fused-ring (bicyclic) bond motifs is 4. The number of nitrogens with zero attached hydrogens (tertiary/aromatic N) is 6. The van der Waals surface area contributed by atoms with E-state index in [1.54, 1.807) is 4.57 Å². The fourth-order valence-corrected chi connectivity index (χ4v) is 5.31. The minimum Gasteiger partial charge on any atom is -0.383 e. The smallest absolute Gasteiger partial charge is 0.267 e. The maximum atomic E-state index is 13.7. The highest BCUT2D eigenvalue weighted by molar-refractivity contribution is 7.98. The molecule has 0 amide bonds. The predicted octanol–water partition coefficient (Wildman–Crippen LogP) is 4.97. The Morgan fingerprint density at radius 3 is 2.44 bits per heavy atom. The van der Waals surface area contributed by atoms with Crippen molar-refractivity contribution >= 4 is 45.2 Å². The van der Waals surface area contributed by atoms with Crippen molar-refractivity contribution in [1.29, 1.82) is 0 Å². The molecule has 178 valence electrons. The first-order valence-corrected chi connectivity index (χ1v) is 12.6. The lowest BCUT2D eigenvalue weighted by Crippen LogP contribution is -2.23. The van der Waals surface area contributed by atoms with Crippen molar-refractivity contribution < 1.29 is 0 Å². The minimum absolute atomic E-state index is 0.124. The second-order valence-electron chi connectivity index (χ2n) is 8.82. The Hall–Kier alpha value is -4.24. The van der Waals surface area contributed by atoms with Gasteiger partial charge in [-0.05, 0) is 41.8 Å². The Labute approximate surface area is 210 Å². The Morgan fingerprint density at radius 2 is 1.61 bits per heavy atom. The zero-order valence-corrected chi connectivity index (χ0v) is 20.6. The first kappa shape index (κ1) is 22.2. The van der Waals surface area contributed by atoms with Crippen LogP contribution in [0.25, 0.3) is 33.3 Å². The van der Waals surface area contributed by atoms with Crippen LogP contribution in [0.3, 0.4) is 0 Å². The SMILES string of the molecule is CC(C)c1ccccc1-n1c(=O)c2ccccc2n2c(SCc3nc(N)c4ccccc4n3)nnc12. The van der Waals surface area contributed by atoms with Crippen molar-refractivity contribution in [1.82, 2.24) is 29.1 Å². The molecule has 0 radical (unpaired) electrons. The van der Waals surface area contributed by atoms with E-state index in [1.165, 1.54) is 11.8 Å². The van der Waals surface area contributed by atoms with Crippen molar-refractivity contribution in [3.05, 3.63) is 94.5 Å². The first-order valence-electron chi connectivity index (χ1n) is 11.6. The van der Waals surface area contributed by atoms with E-state index >= 15 is 0 Å². The van der Waals surface area contributed by atoms with Gasteiger partial charge in [-0.2, -0.15) is 0 Å². The zero-order valence-electron chi connectivity index (χ0n) is 19.8. The molecule has 3 aromatic heterocycles. The van der Waals surface area contributed by atoms with Gasteiger partial charge in [0.15, 0.2) is 5.16 Å². The van der Waals surface area contributed by atoms with Gasteiger partial charge in [0.1, 0.15) is 11.6 Å². The maximum absolute atomic E-state index is 13.7. The Balaban J connectivity index is 1.52. The summed E-state index contributed by atoms with van der Waals surface area (Å²) >= 11 is 1.46. The number of benzene rings is 3. The number of rotatable bonds is 5. The Kier molecular flexibility index (Phi) is 5.41. The van der Waals surface area contributed by atoms with Crippen molar-refractivity contribution in [3.8, 4) is 5.69 Å². The molecule has 0 unspecified atom stereocenters. The molecule has 0 aliphatic rings. The van der Waals surface area contributed by atoms with Crippen LogP contribution < -0.4 is 11.3 Å². The van der Waals surface area contributed by atoms with Crippen LogP contribution in [-0.2, 0) is 5.75 Å². The molecule has 0 aliphatic heterocycles. The van der Waals surface area contributed by atoms with Crippen LogP contribution in [0.2, 0.25) is 0 Å². The minimum atomic E-state index is -0.124. The number of hydrogen-bond donors (Lipinski definition) is 1. The van der Waals surface area contributed by atoms with E-state index in [0.717, 1.165) is 27.7 Å². The molecule has 2 N–H and O–H groups in total. The van der Waals surface area contributed by atoms with Gasteiger partial charge < -0.3 is 5.73 Å². The number of nitrogen functional groups attached to an aromatic ring is 1. The van der Waals surface area contributed by atoms with Crippen molar-refractivity contribution in [2.45, 2.75) is 30.7 Å². The standard InChI is InChI=1S/C27H23N7OS/c1-16(2)17-9-4-7-13-21(17)33-25(35)19-11-5-8-14-22(19)34-26(33)31-32-27(34)36-15-23-29-20-12-6-3-10-18(20)24(28)30-23/h3-14,16H,15H2,1-2H3,(H2,28,29,30). The quantitative estimate of drug-likeness (QED) is 0.338. The third kappa shape index (κ3) is 3.59. The summed E-state index contributed by atoms with van der Waals surface area (Å²) in [5, 5.41) is 11.0. The van der Waals surface area contributed by atoms with Crippen LogP contribution in [0.1, 0.15) is 31.2 Å². The zero-order chi connectivity index (χ0) is 24.8. The molecular formula is C27H23N7OS. The molecule has 0 atom stereocenters. The lowest BCUT2D eigenvalue weighted by molar-refractivity contribution is 0.837. The van der Waals surface area contributed by atoms with Gasteiger partial charge in [-0.25, -0.2) is 14.5 Å². The number of hydrogen-bond acceptors (Lipinski definition) is 7. The molecule has 6 rings (SSSR count). The summed E-state index contributed by atoms with van der Waals surface area (Å²) in [5.41, 5.74) is 9.48. The highest BCUT2D eigenvalue weighted by atomic mass is 32.2. The highest BCUT2D eigenvalue weighted by Gasteiger charge is 2.20. The summed E-state index contributed by atoms with van der Waals surface area (Å²) in [5.74, 6) is 2.20. The van der Waals surface area contributed by atoms with Gasteiger partial charge in [0.25, 0.3) is 5.56 Å². The van der Waals surface area contributed by atoms with E-state index in [0.29, 0.717) is 33.7 Å². The lowest BCUT2D eigenvalue weighted by atomic mass is 10.0. The van der Waals surface area contributed by atoms with Crippen molar-refractivity contribution in [2.24, 2.45) is 0 Å². The van der Waals surface area contributed by atoms with Crippen LogP contribution in [0.5, 0.6) is 0 Å². The number of anilines is 1. The molecule has 0 fully saturated rings. The van der Waals surface area contributed by atoms with Crippen LogP contribution in [0, 0.1) is 0 Å². The summed E-state index contributed by atoms with van der Waals surface area (Å²) in [6, 6.07) is 23.2. The van der Waals surface area contributed by atoms with Gasteiger partial charge in [0.2, 0.25) is 5.78 Å². The largest absolute Gasteiger partial charge is 0.383 e. The third-order valence-electron chi connectivity index (χ3n) is 6.20. The molecule has 3 aromatic carbocycles. The molecule has 36 heavy (non-hydrogen) atoms. The second kappa shape index (κ2) is 8.76. The van der Waals surface area contributed by atoms with E-state index < -0.39 is 0 Å². The predicted molar refractivity (Wildman–Crippen MR) is 144 cm³/mol. The molecule has 6 aromatic rings. The summed E-state index contributed by atoms with van der Waals surface area (Å²) in [6.07, 6.45) is 0. The topological polar surface area (TPSA) is 104 Å². The van der Waals surface area contributed by atoms with Crippen LogP contribution in [-0.4, -0.2) is 29.1 Å². The molecule has 0 spiro atoms. The molecular weight excluding hydrogens is 470 g/mol. The number of aromatic nitrogens is 6. The monoisotopic (exact) mass is 493 g/mol. The molecule has 0 bridgehead atoms. The summed E-state index contributed by atoms with van der Waals surface area (Å²) in [6.45, 7) is 4.23. The molecule has 9 heteroatoms. The molecule has 0 saturated carbocycles. The fourth-order valence-electron chi connectivity index (χ4n) is 4.51. The van der Waals surface area contributed by atoms with E-state index in [9.17, 15) is 4.79 Å². The highest BCUT2D eigenvalue weighted by Crippen LogP contribution is 2.28. The first-order chi connectivity index (χ1) is 17.5. The Bertz CT molecular complexity index is 1820. The number of nitrogens with two attached hydrogens (primary N) is 1. The van der Waals surface area contributed by atoms with E-state index in [4.69, 9.17) is 5.73 Å². The average molecular weight is 494 g/mol. The molecule has 3 heterocycles. The summed E-state index contributed by atoms with van der Waals surface area (Å²) in [4.78, 5) is 22.9. The van der Waals surface area contributed by atoms with E-state index in [-0.39, 0.29) is 11.5 Å². The molecule has 0 aliphatic carbocycles. The summed E-state index contributed by atoms with van der Waals surface area (Å²) in [7, 11) is 0. The van der Waals surface area contributed by atoms with Gasteiger partial charge >= 0.3 is 0 Å². The fraction of sp³-hybridized carbons (Fsp3) is 0.148.